The molecule has 2 aliphatic rings. The third-order valence-electron chi connectivity index (χ3n) is 21.4. The molecule has 0 saturated carbocycles. The molecule has 11 aromatic rings. The number of allylic oxidation sites excluding steroid dienone is 7. The Morgan fingerprint density at radius 2 is 1.06 bits per heavy atom. The van der Waals surface area contributed by atoms with Crippen molar-refractivity contribution >= 4 is 102 Å². The van der Waals surface area contributed by atoms with E-state index in [1.54, 1.807) is 43.7 Å². The summed E-state index contributed by atoms with van der Waals surface area (Å²) in [6, 6.07) is 20.3. The van der Waals surface area contributed by atoms with Crippen LogP contribution < -0.4 is 0 Å². The summed E-state index contributed by atoms with van der Waals surface area (Å²) in [7, 11) is 2.05. The van der Waals surface area contributed by atoms with Gasteiger partial charge in [-0.3, -0.25) is 0 Å². The minimum absolute atomic E-state index is 0.509. The van der Waals surface area contributed by atoms with Crippen molar-refractivity contribution in [1.29, 1.82) is 0 Å². The van der Waals surface area contributed by atoms with Crippen LogP contribution in [0.3, 0.4) is 0 Å². The summed E-state index contributed by atoms with van der Waals surface area (Å²) in [4.78, 5) is 6.66. The number of rotatable bonds is 0. The first-order valence-electron chi connectivity index (χ1n) is 36.0. The first kappa shape index (κ1) is 91.1. The van der Waals surface area contributed by atoms with Gasteiger partial charge in [0.2, 0.25) is 0 Å². The van der Waals surface area contributed by atoms with Crippen LogP contribution in [-0.4, -0.2) is 68.8 Å². The Hall–Kier alpha value is -5.13. The van der Waals surface area contributed by atoms with Crippen molar-refractivity contribution in [2.45, 2.75) is 255 Å². The maximum atomic E-state index is 5.21. The van der Waals surface area contributed by atoms with Gasteiger partial charge in [0.1, 0.15) is 25.4 Å². The van der Waals surface area contributed by atoms with Crippen molar-refractivity contribution < 1.29 is 8.83 Å². The molecule has 9 aromatic heterocycles. The fraction of sp³-hybridized carbons (Fsp3) is 0.429. The number of aryl methyl sites for hydroxylation is 22. The minimum atomic E-state index is -1.07. The molecule has 0 aliphatic carbocycles. The van der Waals surface area contributed by atoms with Crippen molar-refractivity contribution in [3.63, 3.8) is 0 Å². The molecule has 556 valence electrons. The van der Waals surface area contributed by atoms with Gasteiger partial charge in [0, 0.05) is 52.0 Å². The molecular formula is C91H132N2O2S2Se3Si2. The van der Waals surface area contributed by atoms with E-state index < -0.39 is 16.1 Å². The predicted molar refractivity (Wildman–Crippen MR) is 469 cm³/mol. The van der Waals surface area contributed by atoms with Crippen LogP contribution in [0.15, 0.2) is 130 Å². The zero-order valence-electron chi connectivity index (χ0n) is 70.9. The van der Waals surface area contributed by atoms with Gasteiger partial charge in [-0.2, -0.15) is 0 Å². The van der Waals surface area contributed by atoms with E-state index in [0.29, 0.717) is 43.5 Å². The van der Waals surface area contributed by atoms with Crippen molar-refractivity contribution in [2.24, 2.45) is 14.1 Å². The number of aromatic nitrogens is 2. The minimum Gasteiger partial charge on any atom is -0.469 e. The molecule has 11 heteroatoms. The van der Waals surface area contributed by atoms with Gasteiger partial charge >= 0.3 is 213 Å². The van der Waals surface area contributed by atoms with Gasteiger partial charge in [0.05, 0.1) is 14.3 Å². The molecule has 0 bridgehead atoms. The number of thiophene rings is 2. The van der Waals surface area contributed by atoms with E-state index in [9.17, 15) is 0 Å². The Labute approximate surface area is 649 Å². The molecule has 102 heavy (non-hydrogen) atoms. The SMILES string of the molecule is CC1=CC(C)=C(C)[Si]1(C)C.CC1=C[Si](C)(C)C(C)=C1C.Cc1c[se]c(C)c1C.Cc1cc(C)c(C)[se]1.Cc1cc(C)c(C)o1.Cc1cc(C)c(C)s1.Cc1cc(C)n(C)c1C.Cc1ccc2c(c1)[se]c1cc(C)c(C)cc12.Cc1cn(C)c(C)c1C.Cc1coc(C)c1C.Cc1csc(C)c1C. The van der Waals surface area contributed by atoms with Crippen LogP contribution in [0.2, 0.25) is 26.2 Å². The molecule has 0 fully saturated rings. The van der Waals surface area contributed by atoms with Crippen molar-refractivity contribution in [3.8, 4) is 0 Å². The van der Waals surface area contributed by atoms with Crippen LogP contribution in [0.25, 0.3) is 19.3 Å². The molecule has 11 heterocycles. The number of fused-ring (bicyclic) bond motifs is 3. The summed E-state index contributed by atoms with van der Waals surface area (Å²) < 4.78 is 22.5. The average molecular weight is 1640 g/mol. The molecule has 0 unspecified atom stereocenters. The van der Waals surface area contributed by atoms with Crippen molar-refractivity contribution in [3.05, 3.63) is 267 Å². The van der Waals surface area contributed by atoms with Gasteiger partial charge in [-0.05, 0) is 240 Å². The molecule has 0 N–H and O–H groups in total. The van der Waals surface area contributed by atoms with Crippen LogP contribution in [0.5, 0.6) is 0 Å². The van der Waals surface area contributed by atoms with E-state index in [4.69, 9.17) is 8.83 Å². The molecule has 13 rings (SSSR count). The maximum absolute atomic E-state index is 5.21. The number of nitrogens with zero attached hydrogens (tertiary/aromatic N) is 2. The van der Waals surface area contributed by atoms with E-state index >= 15 is 0 Å². The monoisotopic (exact) mass is 1640 g/mol. The fourth-order valence-corrected chi connectivity index (χ4v) is 24.5. The quantitative estimate of drug-likeness (QED) is 0.142. The Kier molecular flexibility index (Phi) is 36.2. The van der Waals surface area contributed by atoms with Gasteiger partial charge in [0.15, 0.2) is 0 Å². The van der Waals surface area contributed by atoms with Crippen LogP contribution in [0.4, 0.5) is 0 Å². The Bertz CT molecular complexity index is 4270. The summed E-state index contributed by atoms with van der Waals surface area (Å²) in [5, 5.41) is 10.1. The number of hydrogen-bond donors (Lipinski definition) is 0. The van der Waals surface area contributed by atoms with Crippen molar-refractivity contribution in [2.75, 3.05) is 0 Å². The Morgan fingerprint density at radius 1 is 0.461 bits per heavy atom. The van der Waals surface area contributed by atoms with Crippen LogP contribution in [-0.2, 0) is 14.1 Å². The molecule has 0 spiro atoms. The number of furan rings is 2. The van der Waals surface area contributed by atoms with E-state index in [-0.39, 0.29) is 0 Å². The molecule has 0 saturated heterocycles. The molecular weight excluding hydrogens is 1510 g/mol. The second kappa shape index (κ2) is 40.6. The molecule has 4 nitrogen and oxygen atoms in total. The Morgan fingerprint density at radius 3 is 1.28 bits per heavy atom. The van der Waals surface area contributed by atoms with Gasteiger partial charge in [-0.25, -0.2) is 0 Å². The second-order valence-electron chi connectivity index (χ2n) is 29.9. The summed E-state index contributed by atoms with van der Waals surface area (Å²) in [6.45, 7) is 80.9. The first-order chi connectivity index (χ1) is 47.0. The summed E-state index contributed by atoms with van der Waals surface area (Å²) in [5.41, 5.74) is 32.0. The number of benzene rings is 2. The number of hydrogen-bond acceptors (Lipinski definition) is 4. The molecule has 0 amide bonds. The molecule has 2 aliphatic heterocycles. The predicted octanol–water partition coefficient (Wildman–Crippen LogP) is 27.1. The van der Waals surface area contributed by atoms with Crippen molar-refractivity contribution in [1.82, 2.24) is 9.13 Å². The smallest absolute Gasteiger partial charge is 0.103 e. The van der Waals surface area contributed by atoms with Crippen LogP contribution in [0.1, 0.15) is 187 Å². The van der Waals surface area contributed by atoms with E-state index in [1.807, 2.05) is 63.4 Å². The third-order valence-corrected chi connectivity index (χ3v) is 38.4. The summed E-state index contributed by atoms with van der Waals surface area (Å²) in [5.74, 6) is 3.06. The summed E-state index contributed by atoms with van der Waals surface area (Å²) >= 11 is 5.60. The second-order valence-corrected chi connectivity index (χ2v) is 49.4. The Balaban J connectivity index is 0.000000294. The van der Waals surface area contributed by atoms with Crippen LogP contribution >= 0.6 is 22.7 Å². The zero-order chi connectivity index (χ0) is 78.1. The van der Waals surface area contributed by atoms with Gasteiger partial charge in [-0.15, -0.1) is 22.7 Å². The van der Waals surface area contributed by atoms with Crippen LogP contribution in [0, 0.1) is 187 Å². The van der Waals surface area contributed by atoms with Gasteiger partial charge in [0.25, 0.3) is 0 Å². The van der Waals surface area contributed by atoms with E-state index in [0.717, 1.165) is 17.3 Å². The van der Waals surface area contributed by atoms with E-state index in [1.165, 1.54) is 143 Å². The zero-order valence-corrected chi connectivity index (χ0v) is 79.7. The standard InChI is InChI=1S/C15H14Se.2C9H16Si.2C8H13N.2C7H10O.2C7H10S.2C7H10Se/c1-9-4-5-12-13-7-10(2)11(3)8-15(13)16-14(12)6-9;1-7-6-10(4,5)9(3)8(7)2;1-7-6-8(2)10(4,5)9(7)3;1-6-5-9(4)8(3)7(6)2;1-6-5-7(2)9(4)8(6)3;1-5-4-8-7(3)6(5)2;1-5-4-6(2)8-7(5)3;1-5-4-8-7(3)6(5)2;1-5-4-6(2)8-7(5)3;1-5-4-8-7(3)6(5)2;1-5-4-6(2)8-7(5)3/h4-8H,1-3H3;2*6H,1-5H3;2*5H,1-4H3;6*4H,1-3H3. The molecule has 0 radical (unpaired) electrons. The van der Waals surface area contributed by atoms with Gasteiger partial charge in [-0.1, -0.05) is 70.3 Å². The maximum Gasteiger partial charge on any atom is 0.103 e. The normalized spacial score (nSPS) is 12.9. The topological polar surface area (TPSA) is 36.1 Å². The molecule has 2 aromatic carbocycles. The van der Waals surface area contributed by atoms with E-state index in [2.05, 4.69) is 320 Å². The molecule has 0 atom stereocenters. The fourth-order valence-electron chi connectivity index (χ4n) is 11.3. The average Bonchev–Trinajstić information content (AvgIpc) is 1.63. The summed E-state index contributed by atoms with van der Waals surface area (Å²) in [6.07, 6.45) is 6.29. The third kappa shape index (κ3) is 26.4. The first-order valence-corrected chi connectivity index (χ1v) is 49.1. The van der Waals surface area contributed by atoms with Gasteiger partial charge < -0.3 is 18.0 Å². The largest absolute Gasteiger partial charge is 0.469 e.